The number of rotatable bonds is 4. The first-order valence-corrected chi connectivity index (χ1v) is 17.6. The lowest BCUT2D eigenvalue weighted by molar-refractivity contribution is 1.32. The third-order valence-electron chi connectivity index (χ3n) is 9.43. The summed E-state index contributed by atoms with van der Waals surface area (Å²) in [6, 6.07) is 60.2. The summed E-state index contributed by atoms with van der Waals surface area (Å²) in [6.45, 7) is 0. The van der Waals surface area contributed by atoms with Gasteiger partial charge in [-0.1, -0.05) is 121 Å². The standard InChI is InChI=1S/C44H27NS2/c1-2-15-31-29(12-1)27-38(33-17-4-3-16-32(31)33)28-13-9-14-30(26-28)45(39-22-10-20-36-34-18-5-7-24-41(34)46-43(36)39)40-23-11-21-37-35-19-6-8-25-42(35)47-44(37)40/h1-27H. The van der Waals surface area contributed by atoms with E-state index in [0.717, 1.165) is 5.69 Å². The van der Waals surface area contributed by atoms with E-state index in [9.17, 15) is 0 Å². The van der Waals surface area contributed by atoms with E-state index >= 15 is 0 Å². The van der Waals surface area contributed by atoms with Crippen LogP contribution < -0.4 is 4.90 Å². The van der Waals surface area contributed by atoms with Crippen molar-refractivity contribution in [2.45, 2.75) is 0 Å². The van der Waals surface area contributed by atoms with Crippen LogP contribution in [-0.2, 0) is 0 Å². The summed E-state index contributed by atoms with van der Waals surface area (Å²) < 4.78 is 5.22. The molecular weight excluding hydrogens is 607 g/mol. The Morgan fingerprint density at radius 1 is 0.362 bits per heavy atom. The van der Waals surface area contributed by atoms with Gasteiger partial charge in [0.05, 0.1) is 20.8 Å². The van der Waals surface area contributed by atoms with Crippen LogP contribution in [0.15, 0.2) is 164 Å². The van der Waals surface area contributed by atoms with Crippen LogP contribution in [-0.4, -0.2) is 0 Å². The second-order valence-corrected chi connectivity index (χ2v) is 14.2. The zero-order valence-corrected chi connectivity index (χ0v) is 27.0. The fourth-order valence-electron chi connectivity index (χ4n) is 7.33. The Morgan fingerprint density at radius 3 is 1.53 bits per heavy atom. The zero-order chi connectivity index (χ0) is 30.9. The van der Waals surface area contributed by atoms with Crippen molar-refractivity contribution in [3.05, 3.63) is 164 Å². The monoisotopic (exact) mass is 633 g/mol. The van der Waals surface area contributed by atoms with Crippen LogP contribution in [0.2, 0.25) is 0 Å². The molecule has 8 aromatic carbocycles. The van der Waals surface area contributed by atoms with Crippen LogP contribution >= 0.6 is 22.7 Å². The highest BCUT2D eigenvalue weighted by molar-refractivity contribution is 7.27. The molecule has 0 atom stereocenters. The number of benzene rings is 8. The molecule has 0 amide bonds. The van der Waals surface area contributed by atoms with Crippen molar-refractivity contribution >= 4 is 102 Å². The largest absolute Gasteiger partial charge is 0.308 e. The molecule has 10 rings (SSSR count). The molecule has 0 aliphatic carbocycles. The van der Waals surface area contributed by atoms with Gasteiger partial charge in [0.2, 0.25) is 0 Å². The lowest BCUT2D eigenvalue weighted by Crippen LogP contribution is -2.10. The first-order valence-electron chi connectivity index (χ1n) is 15.9. The number of nitrogens with zero attached hydrogens (tertiary/aromatic N) is 1. The molecule has 0 aliphatic heterocycles. The van der Waals surface area contributed by atoms with Gasteiger partial charge in [-0.15, -0.1) is 22.7 Å². The average molecular weight is 634 g/mol. The van der Waals surface area contributed by atoms with Crippen LogP contribution in [0, 0.1) is 0 Å². The van der Waals surface area contributed by atoms with Gasteiger partial charge in [0, 0.05) is 36.6 Å². The third-order valence-corrected chi connectivity index (χ3v) is 11.9. The molecule has 0 fully saturated rings. The summed E-state index contributed by atoms with van der Waals surface area (Å²) in [4.78, 5) is 2.50. The van der Waals surface area contributed by atoms with Crippen LogP contribution in [0.25, 0.3) is 73.0 Å². The fourth-order valence-corrected chi connectivity index (χ4v) is 9.74. The topological polar surface area (TPSA) is 3.24 Å². The molecular formula is C44H27NS2. The van der Waals surface area contributed by atoms with Gasteiger partial charge in [0.1, 0.15) is 0 Å². The van der Waals surface area contributed by atoms with Crippen LogP contribution in [0.4, 0.5) is 17.1 Å². The van der Waals surface area contributed by atoms with Gasteiger partial charge in [-0.25, -0.2) is 0 Å². The molecule has 0 unspecified atom stereocenters. The number of thiophene rings is 2. The Kier molecular flexibility index (Phi) is 5.98. The summed E-state index contributed by atoms with van der Waals surface area (Å²) in [6.07, 6.45) is 0. The van der Waals surface area contributed by atoms with Gasteiger partial charge in [0.25, 0.3) is 0 Å². The molecule has 2 aromatic heterocycles. The molecule has 1 nitrogen and oxygen atoms in total. The summed E-state index contributed by atoms with van der Waals surface area (Å²) in [5.74, 6) is 0. The predicted molar refractivity (Wildman–Crippen MR) is 207 cm³/mol. The second kappa shape index (κ2) is 10.5. The highest BCUT2D eigenvalue weighted by Gasteiger charge is 2.22. The molecule has 0 radical (unpaired) electrons. The van der Waals surface area contributed by atoms with E-state index in [2.05, 4.69) is 169 Å². The average Bonchev–Trinajstić information content (AvgIpc) is 3.71. The molecule has 0 spiro atoms. The van der Waals surface area contributed by atoms with Crippen molar-refractivity contribution in [1.82, 2.24) is 0 Å². The van der Waals surface area contributed by atoms with Crippen molar-refractivity contribution in [3.63, 3.8) is 0 Å². The Labute approximate surface area is 280 Å². The van der Waals surface area contributed by atoms with Gasteiger partial charge in [0.15, 0.2) is 0 Å². The minimum absolute atomic E-state index is 1.15. The minimum atomic E-state index is 1.15. The molecule has 220 valence electrons. The van der Waals surface area contributed by atoms with Crippen molar-refractivity contribution in [2.75, 3.05) is 4.90 Å². The number of hydrogen-bond acceptors (Lipinski definition) is 3. The lowest BCUT2D eigenvalue weighted by Gasteiger charge is -2.27. The van der Waals surface area contributed by atoms with Gasteiger partial charge < -0.3 is 4.90 Å². The first-order chi connectivity index (χ1) is 23.3. The van der Waals surface area contributed by atoms with E-state index in [1.165, 1.54) is 84.4 Å². The van der Waals surface area contributed by atoms with E-state index in [0.29, 0.717) is 0 Å². The quantitative estimate of drug-likeness (QED) is 0.174. The summed E-state index contributed by atoms with van der Waals surface area (Å²) in [5, 5.41) is 10.3. The summed E-state index contributed by atoms with van der Waals surface area (Å²) in [7, 11) is 0. The Bertz CT molecular complexity index is 2710. The van der Waals surface area contributed by atoms with Gasteiger partial charge in [-0.05, 0) is 75.1 Å². The van der Waals surface area contributed by atoms with E-state index in [1.54, 1.807) is 0 Å². The van der Waals surface area contributed by atoms with Crippen molar-refractivity contribution in [1.29, 1.82) is 0 Å². The fraction of sp³-hybridized carbons (Fsp3) is 0. The van der Waals surface area contributed by atoms with Crippen LogP contribution in [0.1, 0.15) is 0 Å². The van der Waals surface area contributed by atoms with Gasteiger partial charge in [-0.2, -0.15) is 0 Å². The second-order valence-electron chi connectivity index (χ2n) is 12.1. The summed E-state index contributed by atoms with van der Waals surface area (Å²) >= 11 is 3.76. The molecule has 0 bridgehead atoms. The van der Waals surface area contributed by atoms with E-state index in [1.807, 2.05) is 22.7 Å². The molecule has 0 aliphatic rings. The normalized spacial score (nSPS) is 11.8. The van der Waals surface area contributed by atoms with E-state index < -0.39 is 0 Å². The highest BCUT2D eigenvalue weighted by Crippen LogP contribution is 2.49. The maximum absolute atomic E-state index is 2.50. The van der Waals surface area contributed by atoms with Crippen molar-refractivity contribution < 1.29 is 0 Å². The molecule has 0 saturated carbocycles. The Morgan fingerprint density at radius 2 is 0.872 bits per heavy atom. The Hall–Kier alpha value is -5.48. The molecule has 10 aromatic rings. The van der Waals surface area contributed by atoms with Gasteiger partial charge >= 0.3 is 0 Å². The summed E-state index contributed by atoms with van der Waals surface area (Å²) in [5.41, 5.74) is 6.01. The van der Waals surface area contributed by atoms with Crippen LogP contribution in [0.5, 0.6) is 0 Å². The van der Waals surface area contributed by atoms with Gasteiger partial charge in [-0.3, -0.25) is 0 Å². The third kappa shape index (κ3) is 4.14. The minimum Gasteiger partial charge on any atom is -0.308 e. The number of hydrogen-bond donors (Lipinski definition) is 0. The molecule has 3 heteroatoms. The first kappa shape index (κ1) is 26.7. The smallest absolute Gasteiger partial charge is 0.0640 e. The highest BCUT2D eigenvalue weighted by atomic mass is 32.1. The van der Waals surface area contributed by atoms with E-state index in [-0.39, 0.29) is 0 Å². The number of anilines is 3. The SMILES string of the molecule is c1cc(-c2cc3ccccc3c3ccccc23)cc(N(c2cccc3c2sc2ccccc23)c2cccc3c2sc2ccccc23)c1. The Balaban J connectivity index is 1.27. The lowest BCUT2D eigenvalue weighted by atomic mass is 9.93. The number of fused-ring (bicyclic) bond motifs is 9. The maximum Gasteiger partial charge on any atom is 0.0640 e. The zero-order valence-electron chi connectivity index (χ0n) is 25.4. The predicted octanol–water partition coefficient (Wildman–Crippen LogP) is 13.9. The molecule has 0 saturated heterocycles. The maximum atomic E-state index is 2.50. The molecule has 0 N–H and O–H groups in total. The molecule has 2 heterocycles. The van der Waals surface area contributed by atoms with E-state index in [4.69, 9.17) is 0 Å². The van der Waals surface area contributed by atoms with Crippen molar-refractivity contribution in [2.24, 2.45) is 0 Å². The van der Waals surface area contributed by atoms with Crippen LogP contribution in [0.3, 0.4) is 0 Å². The molecule has 47 heavy (non-hydrogen) atoms. The van der Waals surface area contributed by atoms with Crippen molar-refractivity contribution in [3.8, 4) is 11.1 Å².